The minimum Gasteiger partial charge on any atom is -0.149 e. The highest BCUT2D eigenvalue weighted by molar-refractivity contribution is 6.16. The summed E-state index contributed by atoms with van der Waals surface area (Å²) in [5.74, 6) is 0. The second-order valence-electron chi connectivity index (χ2n) is 6.34. The molecule has 0 fully saturated rings. The highest BCUT2D eigenvalue weighted by Gasteiger charge is 2.14. The maximum absolute atomic E-state index is 4.65. The molecule has 5 aromatic rings. The SMILES string of the molecule is c1ccc(-c2nnc(-c3ccccc3)c3c2ccc2ccccc23)cc1. The first kappa shape index (κ1) is 14.8. The topological polar surface area (TPSA) is 25.8 Å². The second kappa shape index (κ2) is 6.08. The van der Waals surface area contributed by atoms with Crippen molar-refractivity contribution in [3.63, 3.8) is 0 Å². The highest BCUT2D eigenvalue weighted by Crippen LogP contribution is 2.36. The number of nitrogens with zero attached hydrogens (tertiary/aromatic N) is 2. The Balaban J connectivity index is 1.94. The van der Waals surface area contributed by atoms with Crippen LogP contribution in [-0.2, 0) is 0 Å². The number of hydrogen-bond acceptors (Lipinski definition) is 2. The van der Waals surface area contributed by atoms with Gasteiger partial charge in [0.15, 0.2) is 0 Å². The lowest BCUT2D eigenvalue weighted by Crippen LogP contribution is -1.95. The molecule has 0 radical (unpaired) electrons. The average Bonchev–Trinajstić information content (AvgIpc) is 2.74. The van der Waals surface area contributed by atoms with Crippen LogP contribution in [0.5, 0.6) is 0 Å². The quantitative estimate of drug-likeness (QED) is 0.364. The third-order valence-corrected chi connectivity index (χ3v) is 4.77. The fourth-order valence-corrected chi connectivity index (χ4v) is 3.54. The van der Waals surface area contributed by atoms with Gasteiger partial charge in [-0.05, 0) is 10.8 Å². The Morgan fingerprint density at radius 3 is 1.73 bits per heavy atom. The van der Waals surface area contributed by atoms with Gasteiger partial charge >= 0.3 is 0 Å². The number of rotatable bonds is 2. The summed E-state index contributed by atoms with van der Waals surface area (Å²) in [6.07, 6.45) is 0. The van der Waals surface area contributed by atoms with Crippen LogP contribution in [0.2, 0.25) is 0 Å². The molecule has 0 aliphatic carbocycles. The molecule has 0 aliphatic heterocycles. The molecule has 4 aromatic carbocycles. The Hall–Kier alpha value is -3.52. The maximum atomic E-state index is 4.65. The lowest BCUT2D eigenvalue weighted by Gasteiger charge is -2.12. The average molecular weight is 332 g/mol. The lowest BCUT2D eigenvalue weighted by molar-refractivity contribution is 1.06. The summed E-state index contributed by atoms with van der Waals surface area (Å²) in [5.41, 5.74) is 4.02. The Labute approximate surface area is 151 Å². The normalized spacial score (nSPS) is 11.1. The van der Waals surface area contributed by atoms with Crippen molar-refractivity contribution in [1.82, 2.24) is 10.2 Å². The van der Waals surface area contributed by atoms with E-state index in [9.17, 15) is 0 Å². The summed E-state index contributed by atoms with van der Waals surface area (Å²) in [7, 11) is 0. The predicted molar refractivity (Wildman–Crippen MR) is 108 cm³/mol. The molecule has 26 heavy (non-hydrogen) atoms. The number of fused-ring (bicyclic) bond motifs is 3. The number of benzene rings is 4. The van der Waals surface area contributed by atoms with Crippen LogP contribution in [0.4, 0.5) is 0 Å². The molecule has 5 rings (SSSR count). The van der Waals surface area contributed by atoms with Gasteiger partial charge in [0.2, 0.25) is 0 Å². The number of hydrogen-bond donors (Lipinski definition) is 0. The van der Waals surface area contributed by atoms with Crippen LogP contribution < -0.4 is 0 Å². The van der Waals surface area contributed by atoms with Crippen LogP contribution in [0.25, 0.3) is 44.1 Å². The van der Waals surface area contributed by atoms with Gasteiger partial charge in [-0.2, -0.15) is 0 Å². The van der Waals surface area contributed by atoms with Gasteiger partial charge in [-0.15, -0.1) is 10.2 Å². The smallest absolute Gasteiger partial charge is 0.101 e. The van der Waals surface area contributed by atoms with Crippen molar-refractivity contribution in [3.8, 4) is 22.5 Å². The van der Waals surface area contributed by atoms with Crippen molar-refractivity contribution in [2.24, 2.45) is 0 Å². The molecule has 0 saturated carbocycles. The van der Waals surface area contributed by atoms with E-state index in [1.807, 2.05) is 36.4 Å². The van der Waals surface area contributed by atoms with Crippen LogP contribution in [-0.4, -0.2) is 10.2 Å². The summed E-state index contributed by atoms with van der Waals surface area (Å²) in [6.45, 7) is 0. The molecule has 0 bridgehead atoms. The minimum absolute atomic E-state index is 0.922. The van der Waals surface area contributed by atoms with E-state index in [1.165, 1.54) is 10.8 Å². The van der Waals surface area contributed by atoms with Gasteiger partial charge in [0, 0.05) is 21.9 Å². The van der Waals surface area contributed by atoms with Gasteiger partial charge in [0.25, 0.3) is 0 Å². The van der Waals surface area contributed by atoms with Crippen molar-refractivity contribution >= 4 is 21.5 Å². The maximum Gasteiger partial charge on any atom is 0.101 e. The van der Waals surface area contributed by atoms with Crippen LogP contribution >= 0.6 is 0 Å². The monoisotopic (exact) mass is 332 g/mol. The molecule has 0 atom stereocenters. The minimum atomic E-state index is 0.922. The zero-order valence-corrected chi connectivity index (χ0v) is 14.1. The van der Waals surface area contributed by atoms with Crippen LogP contribution in [0.3, 0.4) is 0 Å². The van der Waals surface area contributed by atoms with E-state index in [4.69, 9.17) is 0 Å². The molecule has 0 amide bonds. The first-order valence-corrected chi connectivity index (χ1v) is 8.71. The first-order chi connectivity index (χ1) is 12.9. The van der Waals surface area contributed by atoms with Crippen molar-refractivity contribution in [3.05, 3.63) is 97.1 Å². The van der Waals surface area contributed by atoms with Crippen molar-refractivity contribution in [1.29, 1.82) is 0 Å². The fraction of sp³-hybridized carbons (Fsp3) is 0. The summed E-state index contributed by atoms with van der Waals surface area (Å²) < 4.78 is 0. The largest absolute Gasteiger partial charge is 0.149 e. The number of aromatic nitrogens is 2. The zero-order chi connectivity index (χ0) is 17.3. The zero-order valence-electron chi connectivity index (χ0n) is 14.1. The summed E-state index contributed by atoms with van der Waals surface area (Å²) >= 11 is 0. The van der Waals surface area contributed by atoms with E-state index in [0.717, 1.165) is 33.3 Å². The Morgan fingerprint density at radius 2 is 1.00 bits per heavy atom. The van der Waals surface area contributed by atoms with Crippen LogP contribution in [0.1, 0.15) is 0 Å². The van der Waals surface area contributed by atoms with E-state index < -0.39 is 0 Å². The van der Waals surface area contributed by atoms with Crippen LogP contribution in [0.15, 0.2) is 97.1 Å². The van der Waals surface area contributed by atoms with Gasteiger partial charge < -0.3 is 0 Å². The summed E-state index contributed by atoms with van der Waals surface area (Å²) in [5, 5.41) is 14.0. The first-order valence-electron chi connectivity index (χ1n) is 8.71. The Bertz CT molecular complexity index is 1210. The lowest BCUT2D eigenvalue weighted by atomic mass is 9.95. The highest BCUT2D eigenvalue weighted by atomic mass is 15.1. The summed E-state index contributed by atoms with van der Waals surface area (Å²) in [6, 6.07) is 33.4. The third kappa shape index (κ3) is 2.35. The molecule has 0 aliphatic rings. The second-order valence-corrected chi connectivity index (χ2v) is 6.34. The van der Waals surface area contributed by atoms with Gasteiger partial charge in [-0.1, -0.05) is 97.1 Å². The Morgan fingerprint density at radius 1 is 0.423 bits per heavy atom. The summed E-state index contributed by atoms with van der Waals surface area (Å²) in [4.78, 5) is 0. The molecule has 0 N–H and O–H groups in total. The third-order valence-electron chi connectivity index (χ3n) is 4.77. The van der Waals surface area contributed by atoms with Crippen molar-refractivity contribution in [2.45, 2.75) is 0 Å². The van der Waals surface area contributed by atoms with Crippen molar-refractivity contribution in [2.75, 3.05) is 0 Å². The van der Waals surface area contributed by atoms with Crippen LogP contribution in [0, 0.1) is 0 Å². The molecule has 1 heterocycles. The fourth-order valence-electron chi connectivity index (χ4n) is 3.54. The van der Waals surface area contributed by atoms with Gasteiger partial charge in [-0.25, -0.2) is 0 Å². The molecule has 2 heteroatoms. The Kier molecular flexibility index (Phi) is 3.46. The molecule has 122 valence electrons. The predicted octanol–water partition coefficient (Wildman–Crippen LogP) is 6.12. The van der Waals surface area contributed by atoms with Gasteiger partial charge in [0.05, 0.1) is 0 Å². The molecule has 0 unspecified atom stereocenters. The molecule has 0 spiro atoms. The van der Waals surface area contributed by atoms with Crippen molar-refractivity contribution < 1.29 is 0 Å². The van der Waals surface area contributed by atoms with E-state index >= 15 is 0 Å². The van der Waals surface area contributed by atoms with E-state index in [-0.39, 0.29) is 0 Å². The molecule has 1 aromatic heterocycles. The van der Waals surface area contributed by atoms with Gasteiger partial charge in [-0.3, -0.25) is 0 Å². The molecule has 2 nitrogen and oxygen atoms in total. The van der Waals surface area contributed by atoms with E-state index in [0.29, 0.717) is 0 Å². The standard InChI is InChI=1S/C24H16N2/c1-3-10-18(11-4-1)23-21-16-15-17-9-7-8-14-20(17)22(21)24(26-25-23)19-12-5-2-6-13-19/h1-16H. The molecular weight excluding hydrogens is 316 g/mol. The van der Waals surface area contributed by atoms with Gasteiger partial charge in [0.1, 0.15) is 11.4 Å². The molecule has 0 saturated heterocycles. The molecular formula is C24H16N2. The van der Waals surface area contributed by atoms with E-state index in [1.54, 1.807) is 0 Å². The van der Waals surface area contributed by atoms with E-state index in [2.05, 4.69) is 70.9 Å².